The maximum absolute atomic E-state index is 13.6. The van der Waals surface area contributed by atoms with E-state index in [9.17, 15) is 13.6 Å². The van der Waals surface area contributed by atoms with Crippen LogP contribution in [0.15, 0.2) is 17.5 Å². The summed E-state index contributed by atoms with van der Waals surface area (Å²) < 4.78 is 26.6. The fourth-order valence-electron chi connectivity index (χ4n) is 1.65. The average molecular weight is 297 g/mol. The summed E-state index contributed by atoms with van der Waals surface area (Å²) in [6.07, 6.45) is 0. The van der Waals surface area contributed by atoms with E-state index in [4.69, 9.17) is 5.73 Å². The highest BCUT2D eigenvalue weighted by atomic mass is 32.1. The minimum Gasteiger partial charge on any atom is -0.396 e. The number of nitrogens with two attached hydrogens (primary N) is 1. The minimum atomic E-state index is -0.947. The van der Waals surface area contributed by atoms with Crippen LogP contribution in [0.2, 0.25) is 0 Å². The lowest BCUT2D eigenvalue weighted by Crippen LogP contribution is -2.27. The van der Waals surface area contributed by atoms with Gasteiger partial charge in [-0.05, 0) is 19.9 Å². The molecule has 0 bridgehead atoms. The number of benzene rings is 1. The molecule has 1 aromatic carbocycles. The largest absolute Gasteiger partial charge is 0.396 e. The summed E-state index contributed by atoms with van der Waals surface area (Å²) in [5.41, 5.74) is 5.63. The highest BCUT2D eigenvalue weighted by molar-refractivity contribution is 7.09. The molecule has 4 nitrogen and oxygen atoms in total. The molecule has 0 fully saturated rings. The molecule has 0 radical (unpaired) electrons. The molecule has 20 heavy (non-hydrogen) atoms. The first-order valence-electron chi connectivity index (χ1n) is 5.86. The Kier molecular flexibility index (Phi) is 3.99. The number of rotatable bonds is 3. The van der Waals surface area contributed by atoms with Crippen LogP contribution < -0.4 is 11.1 Å². The highest BCUT2D eigenvalue weighted by Gasteiger charge is 2.18. The summed E-state index contributed by atoms with van der Waals surface area (Å²) in [5.74, 6) is -2.49. The smallest absolute Gasteiger partial charge is 0.254 e. The van der Waals surface area contributed by atoms with Crippen LogP contribution in [0.4, 0.5) is 14.5 Å². The van der Waals surface area contributed by atoms with Gasteiger partial charge in [0.05, 0.1) is 17.3 Å². The SMILES string of the molecule is Cc1csc(C(C)NC(=O)c2cc(N)c(F)cc2F)n1. The van der Waals surface area contributed by atoms with Crippen LogP contribution in [-0.4, -0.2) is 10.9 Å². The van der Waals surface area contributed by atoms with Crippen LogP contribution in [0.25, 0.3) is 0 Å². The van der Waals surface area contributed by atoms with Gasteiger partial charge in [0.25, 0.3) is 5.91 Å². The molecule has 1 aromatic heterocycles. The van der Waals surface area contributed by atoms with E-state index < -0.39 is 17.5 Å². The van der Waals surface area contributed by atoms with Crippen LogP contribution in [0, 0.1) is 18.6 Å². The van der Waals surface area contributed by atoms with Gasteiger partial charge in [0, 0.05) is 17.1 Å². The van der Waals surface area contributed by atoms with E-state index in [2.05, 4.69) is 10.3 Å². The lowest BCUT2D eigenvalue weighted by Gasteiger charge is -2.12. The molecule has 1 amide bonds. The zero-order valence-corrected chi connectivity index (χ0v) is 11.7. The van der Waals surface area contributed by atoms with Crippen molar-refractivity contribution in [3.05, 3.63) is 45.4 Å². The number of aryl methyl sites for hydroxylation is 1. The molecule has 106 valence electrons. The molecule has 1 unspecified atom stereocenters. The monoisotopic (exact) mass is 297 g/mol. The summed E-state index contributed by atoms with van der Waals surface area (Å²) in [7, 11) is 0. The lowest BCUT2D eigenvalue weighted by molar-refractivity contribution is 0.0935. The number of nitrogen functional groups attached to an aromatic ring is 1. The Bertz CT molecular complexity index is 657. The van der Waals surface area contributed by atoms with Gasteiger partial charge in [-0.1, -0.05) is 0 Å². The van der Waals surface area contributed by atoms with Gasteiger partial charge in [0.2, 0.25) is 0 Å². The third kappa shape index (κ3) is 2.93. The Hall–Kier alpha value is -2.02. The lowest BCUT2D eigenvalue weighted by atomic mass is 10.1. The number of thiazole rings is 1. The zero-order valence-electron chi connectivity index (χ0n) is 10.9. The Morgan fingerprint density at radius 1 is 1.40 bits per heavy atom. The Labute approximate surface area is 118 Å². The molecule has 3 N–H and O–H groups in total. The standard InChI is InChI=1S/C13H13F2N3OS/c1-6-5-20-13(17-6)7(2)18-12(19)8-3-11(16)10(15)4-9(8)14/h3-5,7H,16H2,1-2H3,(H,18,19). The molecule has 0 aliphatic rings. The maximum atomic E-state index is 13.6. The predicted octanol–water partition coefficient (Wildman–Crippen LogP) is 2.80. The van der Waals surface area contributed by atoms with Crippen LogP contribution in [0.1, 0.15) is 34.0 Å². The number of carbonyl (C=O) groups is 1. The summed E-state index contributed by atoms with van der Waals surface area (Å²) in [4.78, 5) is 16.2. The number of hydrogen-bond acceptors (Lipinski definition) is 4. The summed E-state index contributed by atoms with van der Waals surface area (Å²) >= 11 is 1.40. The normalized spacial score (nSPS) is 12.2. The fraction of sp³-hybridized carbons (Fsp3) is 0.231. The first-order chi connectivity index (χ1) is 9.38. The van der Waals surface area contributed by atoms with Crippen molar-refractivity contribution in [3.8, 4) is 0 Å². The molecule has 0 saturated heterocycles. The van der Waals surface area contributed by atoms with E-state index in [1.54, 1.807) is 6.92 Å². The van der Waals surface area contributed by atoms with Gasteiger partial charge in [-0.25, -0.2) is 13.8 Å². The molecular formula is C13H13F2N3OS. The quantitative estimate of drug-likeness (QED) is 0.856. The minimum absolute atomic E-state index is 0.269. The van der Waals surface area contributed by atoms with E-state index in [-0.39, 0.29) is 17.3 Å². The summed E-state index contributed by atoms with van der Waals surface area (Å²) in [6.45, 7) is 3.58. The van der Waals surface area contributed by atoms with Gasteiger partial charge in [0.1, 0.15) is 16.6 Å². The van der Waals surface area contributed by atoms with Crippen molar-refractivity contribution in [2.75, 3.05) is 5.73 Å². The van der Waals surface area contributed by atoms with Crippen LogP contribution in [0.5, 0.6) is 0 Å². The fourth-order valence-corrected chi connectivity index (χ4v) is 2.45. The summed E-state index contributed by atoms with van der Waals surface area (Å²) in [5, 5.41) is 5.17. The number of aromatic nitrogens is 1. The third-order valence-corrected chi connectivity index (χ3v) is 3.83. The van der Waals surface area contributed by atoms with Gasteiger partial charge in [-0.2, -0.15) is 0 Å². The van der Waals surface area contributed by atoms with Crippen molar-refractivity contribution >= 4 is 22.9 Å². The van der Waals surface area contributed by atoms with Crippen molar-refractivity contribution in [1.82, 2.24) is 10.3 Å². The van der Waals surface area contributed by atoms with E-state index in [0.29, 0.717) is 11.1 Å². The van der Waals surface area contributed by atoms with Gasteiger partial charge in [-0.3, -0.25) is 4.79 Å². The molecule has 1 heterocycles. The summed E-state index contributed by atoms with van der Waals surface area (Å²) in [6, 6.07) is 1.22. The number of nitrogens with one attached hydrogen (secondary N) is 1. The maximum Gasteiger partial charge on any atom is 0.254 e. The van der Waals surface area contributed by atoms with Gasteiger partial charge < -0.3 is 11.1 Å². The molecule has 0 aliphatic heterocycles. The molecular weight excluding hydrogens is 284 g/mol. The van der Waals surface area contributed by atoms with Crippen molar-refractivity contribution in [2.45, 2.75) is 19.9 Å². The van der Waals surface area contributed by atoms with Crippen molar-refractivity contribution in [3.63, 3.8) is 0 Å². The molecule has 7 heteroatoms. The van der Waals surface area contributed by atoms with E-state index in [1.165, 1.54) is 11.3 Å². The second-order valence-corrected chi connectivity index (χ2v) is 5.27. The number of hydrogen-bond donors (Lipinski definition) is 2. The second-order valence-electron chi connectivity index (χ2n) is 4.38. The first-order valence-corrected chi connectivity index (χ1v) is 6.74. The number of halogens is 2. The Morgan fingerprint density at radius 2 is 2.10 bits per heavy atom. The molecule has 2 rings (SSSR count). The molecule has 0 saturated carbocycles. The number of amides is 1. The van der Waals surface area contributed by atoms with E-state index in [1.807, 2.05) is 12.3 Å². The van der Waals surface area contributed by atoms with E-state index in [0.717, 1.165) is 11.8 Å². The van der Waals surface area contributed by atoms with Gasteiger partial charge in [-0.15, -0.1) is 11.3 Å². The van der Waals surface area contributed by atoms with Crippen LogP contribution >= 0.6 is 11.3 Å². The van der Waals surface area contributed by atoms with E-state index >= 15 is 0 Å². The van der Waals surface area contributed by atoms with Gasteiger partial charge >= 0.3 is 0 Å². The predicted molar refractivity (Wildman–Crippen MR) is 73.5 cm³/mol. The number of carbonyl (C=O) groups excluding carboxylic acids is 1. The zero-order chi connectivity index (χ0) is 14.9. The van der Waals surface area contributed by atoms with Crippen molar-refractivity contribution in [1.29, 1.82) is 0 Å². The van der Waals surface area contributed by atoms with Crippen LogP contribution in [-0.2, 0) is 0 Å². The second kappa shape index (κ2) is 5.54. The molecule has 0 aliphatic carbocycles. The third-order valence-electron chi connectivity index (χ3n) is 2.69. The molecule has 0 spiro atoms. The van der Waals surface area contributed by atoms with Gasteiger partial charge in [0.15, 0.2) is 0 Å². The van der Waals surface area contributed by atoms with Crippen molar-refractivity contribution in [2.24, 2.45) is 0 Å². The molecule has 1 atom stereocenters. The highest BCUT2D eigenvalue weighted by Crippen LogP contribution is 2.20. The molecule has 2 aromatic rings. The number of anilines is 1. The van der Waals surface area contributed by atoms with Crippen LogP contribution in [0.3, 0.4) is 0 Å². The average Bonchev–Trinajstić information content (AvgIpc) is 2.80. The first kappa shape index (κ1) is 14.4. The number of nitrogens with zero attached hydrogens (tertiary/aromatic N) is 1. The topological polar surface area (TPSA) is 68.0 Å². The van der Waals surface area contributed by atoms with Crippen molar-refractivity contribution < 1.29 is 13.6 Å². The Morgan fingerprint density at radius 3 is 2.70 bits per heavy atom. The Balaban J connectivity index is 2.18.